The zero-order chi connectivity index (χ0) is 13.3. The van der Waals surface area contributed by atoms with E-state index in [0.717, 1.165) is 12.5 Å². The molecular weight excluding hydrogens is 232 g/mol. The predicted octanol–water partition coefficient (Wildman–Crippen LogP) is 2.94. The Morgan fingerprint density at radius 2 is 1.84 bits per heavy atom. The second-order valence-corrected chi connectivity index (χ2v) is 5.79. The second-order valence-electron chi connectivity index (χ2n) is 5.79. The number of likely N-dealkylation sites (tertiary alicyclic amines) is 1. The van der Waals surface area contributed by atoms with Gasteiger partial charge in [-0.1, -0.05) is 30.3 Å². The van der Waals surface area contributed by atoms with Crippen LogP contribution >= 0.6 is 0 Å². The van der Waals surface area contributed by atoms with Crippen LogP contribution in [0.2, 0.25) is 0 Å². The molecule has 106 valence electrons. The molecule has 1 aromatic carbocycles. The third-order valence-electron chi connectivity index (χ3n) is 4.23. The molecular formula is C17H28N2. The van der Waals surface area contributed by atoms with Crippen LogP contribution in [0.5, 0.6) is 0 Å². The summed E-state index contributed by atoms with van der Waals surface area (Å²) >= 11 is 0. The molecule has 1 saturated heterocycles. The molecule has 0 aliphatic carbocycles. The van der Waals surface area contributed by atoms with Gasteiger partial charge in [0, 0.05) is 0 Å². The normalized spacial score (nSPS) is 17.7. The van der Waals surface area contributed by atoms with Crippen molar-refractivity contribution in [2.24, 2.45) is 5.92 Å². The number of piperidine rings is 1. The van der Waals surface area contributed by atoms with Crippen LogP contribution in [-0.4, -0.2) is 38.1 Å². The molecule has 0 amide bonds. The molecule has 1 aliphatic heterocycles. The molecule has 0 bridgehead atoms. The SMILES string of the molecule is CNCCCCN1CCC(Cc2ccccc2)CC1. The van der Waals surface area contributed by atoms with Crippen LogP contribution < -0.4 is 5.32 Å². The molecule has 0 saturated carbocycles. The Labute approximate surface area is 118 Å². The lowest BCUT2D eigenvalue weighted by Gasteiger charge is -2.32. The summed E-state index contributed by atoms with van der Waals surface area (Å²) in [5, 5.41) is 3.22. The number of nitrogens with one attached hydrogen (secondary N) is 1. The third-order valence-corrected chi connectivity index (χ3v) is 4.23. The molecule has 2 rings (SSSR count). The highest BCUT2D eigenvalue weighted by molar-refractivity contribution is 5.15. The summed E-state index contributed by atoms with van der Waals surface area (Å²) < 4.78 is 0. The summed E-state index contributed by atoms with van der Waals surface area (Å²) in [6.07, 6.45) is 6.67. The number of unbranched alkanes of at least 4 members (excludes halogenated alkanes) is 1. The molecule has 0 unspecified atom stereocenters. The third kappa shape index (κ3) is 5.33. The Bertz CT molecular complexity index is 328. The van der Waals surface area contributed by atoms with E-state index in [0.29, 0.717) is 0 Å². The monoisotopic (exact) mass is 260 g/mol. The maximum Gasteiger partial charge on any atom is -0.00160 e. The molecule has 1 aliphatic rings. The summed E-state index contributed by atoms with van der Waals surface area (Å²) in [5.74, 6) is 0.899. The number of nitrogens with zero attached hydrogens (tertiary/aromatic N) is 1. The highest BCUT2D eigenvalue weighted by Crippen LogP contribution is 2.21. The van der Waals surface area contributed by atoms with Crippen molar-refractivity contribution >= 4 is 0 Å². The summed E-state index contributed by atoms with van der Waals surface area (Å²) in [6, 6.07) is 11.0. The maximum absolute atomic E-state index is 3.22. The van der Waals surface area contributed by atoms with E-state index in [1.807, 2.05) is 7.05 Å². The second kappa shape index (κ2) is 8.34. The summed E-state index contributed by atoms with van der Waals surface area (Å²) in [5.41, 5.74) is 1.51. The van der Waals surface area contributed by atoms with Crippen molar-refractivity contribution in [2.45, 2.75) is 32.1 Å². The van der Waals surface area contributed by atoms with Gasteiger partial charge in [0.1, 0.15) is 0 Å². The van der Waals surface area contributed by atoms with Crippen LogP contribution in [0.4, 0.5) is 0 Å². The van der Waals surface area contributed by atoms with Crippen LogP contribution in [0.25, 0.3) is 0 Å². The maximum atomic E-state index is 3.22. The number of hydrogen-bond donors (Lipinski definition) is 1. The van der Waals surface area contributed by atoms with Crippen LogP contribution in [0.1, 0.15) is 31.2 Å². The largest absolute Gasteiger partial charge is 0.320 e. The predicted molar refractivity (Wildman–Crippen MR) is 82.5 cm³/mol. The van der Waals surface area contributed by atoms with E-state index in [-0.39, 0.29) is 0 Å². The van der Waals surface area contributed by atoms with Gasteiger partial charge in [0.25, 0.3) is 0 Å². The van der Waals surface area contributed by atoms with Crippen molar-refractivity contribution in [2.75, 3.05) is 33.2 Å². The van der Waals surface area contributed by atoms with E-state index in [4.69, 9.17) is 0 Å². The number of hydrogen-bond acceptors (Lipinski definition) is 2. The fourth-order valence-electron chi connectivity index (χ4n) is 3.00. The molecule has 1 fully saturated rings. The highest BCUT2D eigenvalue weighted by Gasteiger charge is 2.18. The van der Waals surface area contributed by atoms with Crippen molar-refractivity contribution in [3.8, 4) is 0 Å². The van der Waals surface area contributed by atoms with Crippen molar-refractivity contribution in [1.82, 2.24) is 10.2 Å². The fraction of sp³-hybridized carbons (Fsp3) is 0.647. The Balaban J connectivity index is 1.62. The Morgan fingerprint density at radius 1 is 1.11 bits per heavy atom. The molecule has 0 aromatic heterocycles. The average molecular weight is 260 g/mol. The first-order chi connectivity index (χ1) is 9.38. The Hall–Kier alpha value is -0.860. The van der Waals surface area contributed by atoms with E-state index in [9.17, 15) is 0 Å². The highest BCUT2D eigenvalue weighted by atomic mass is 15.1. The molecule has 0 spiro atoms. The topological polar surface area (TPSA) is 15.3 Å². The van der Waals surface area contributed by atoms with E-state index in [2.05, 4.69) is 40.5 Å². The number of rotatable bonds is 7. The molecule has 0 radical (unpaired) electrons. The molecule has 1 heterocycles. The first-order valence-corrected chi connectivity index (χ1v) is 7.79. The van der Waals surface area contributed by atoms with Crippen LogP contribution in [0, 0.1) is 5.92 Å². The van der Waals surface area contributed by atoms with Gasteiger partial charge in [-0.15, -0.1) is 0 Å². The van der Waals surface area contributed by atoms with Gasteiger partial charge in [-0.3, -0.25) is 0 Å². The van der Waals surface area contributed by atoms with Crippen molar-refractivity contribution in [3.05, 3.63) is 35.9 Å². The lowest BCUT2D eigenvalue weighted by Crippen LogP contribution is -2.35. The summed E-state index contributed by atoms with van der Waals surface area (Å²) in [4.78, 5) is 2.65. The minimum absolute atomic E-state index is 0.899. The Morgan fingerprint density at radius 3 is 2.53 bits per heavy atom. The molecule has 1 aromatic rings. The van der Waals surface area contributed by atoms with Gasteiger partial charge in [-0.2, -0.15) is 0 Å². The minimum Gasteiger partial charge on any atom is -0.320 e. The summed E-state index contributed by atoms with van der Waals surface area (Å²) in [7, 11) is 2.04. The van der Waals surface area contributed by atoms with Gasteiger partial charge >= 0.3 is 0 Å². The van der Waals surface area contributed by atoms with Crippen molar-refractivity contribution in [1.29, 1.82) is 0 Å². The first-order valence-electron chi connectivity index (χ1n) is 7.79. The first kappa shape index (κ1) is 14.5. The smallest absolute Gasteiger partial charge is 0.00160 e. The minimum atomic E-state index is 0.899. The average Bonchev–Trinajstić information content (AvgIpc) is 2.46. The van der Waals surface area contributed by atoms with Crippen LogP contribution in [-0.2, 0) is 6.42 Å². The van der Waals surface area contributed by atoms with Gasteiger partial charge in [0.05, 0.1) is 0 Å². The molecule has 2 heteroatoms. The van der Waals surface area contributed by atoms with E-state index in [1.54, 1.807) is 0 Å². The lowest BCUT2D eigenvalue weighted by molar-refractivity contribution is 0.181. The fourth-order valence-corrected chi connectivity index (χ4v) is 3.00. The van der Waals surface area contributed by atoms with Crippen LogP contribution in [0.3, 0.4) is 0 Å². The molecule has 1 N–H and O–H groups in total. The zero-order valence-electron chi connectivity index (χ0n) is 12.3. The zero-order valence-corrected chi connectivity index (χ0v) is 12.3. The van der Waals surface area contributed by atoms with Gasteiger partial charge in [-0.05, 0) is 76.8 Å². The lowest BCUT2D eigenvalue weighted by atomic mass is 9.90. The van der Waals surface area contributed by atoms with Crippen molar-refractivity contribution < 1.29 is 0 Å². The van der Waals surface area contributed by atoms with Crippen molar-refractivity contribution in [3.63, 3.8) is 0 Å². The van der Waals surface area contributed by atoms with E-state index in [1.165, 1.54) is 57.3 Å². The Kier molecular flexibility index (Phi) is 6.38. The summed E-state index contributed by atoms with van der Waals surface area (Å²) in [6.45, 7) is 5.05. The van der Waals surface area contributed by atoms with Gasteiger partial charge < -0.3 is 10.2 Å². The van der Waals surface area contributed by atoms with E-state index < -0.39 is 0 Å². The van der Waals surface area contributed by atoms with Gasteiger partial charge in [0.2, 0.25) is 0 Å². The quantitative estimate of drug-likeness (QED) is 0.758. The van der Waals surface area contributed by atoms with Gasteiger partial charge in [0.15, 0.2) is 0 Å². The van der Waals surface area contributed by atoms with Gasteiger partial charge in [-0.25, -0.2) is 0 Å². The molecule has 19 heavy (non-hydrogen) atoms. The standard InChI is InChI=1S/C17H28N2/c1-18-11-5-6-12-19-13-9-17(10-14-19)15-16-7-3-2-4-8-16/h2-4,7-8,17-18H,5-6,9-15H2,1H3. The van der Waals surface area contributed by atoms with E-state index >= 15 is 0 Å². The molecule has 0 atom stereocenters. The molecule has 2 nitrogen and oxygen atoms in total. The van der Waals surface area contributed by atoms with Crippen LogP contribution in [0.15, 0.2) is 30.3 Å². The number of benzene rings is 1.